The molecule has 2 amide bonds. The Balaban J connectivity index is 2.60. The number of hydrogen-bond acceptors (Lipinski definition) is 5. The first kappa shape index (κ1) is 13.8. The topological polar surface area (TPSA) is 123 Å². The van der Waals surface area contributed by atoms with Gasteiger partial charge < -0.3 is 22.1 Å². The fourth-order valence-electron chi connectivity index (χ4n) is 1.27. The summed E-state index contributed by atoms with van der Waals surface area (Å²) in [4.78, 5) is 26.4. The predicted molar refractivity (Wildman–Crippen MR) is 69.0 cm³/mol. The first-order valence-corrected chi connectivity index (χ1v) is 5.60. The van der Waals surface area contributed by atoms with Gasteiger partial charge in [0.2, 0.25) is 5.91 Å². The maximum atomic E-state index is 11.3. The Morgan fingerprint density at radius 2 is 2.17 bits per heavy atom. The number of aromatic nitrogens is 1. The van der Waals surface area contributed by atoms with Crippen LogP contribution in [-0.4, -0.2) is 29.9 Å². The van der Waals surface area contributed by atoms with E-state index < -0.39 is 5.91 Å². The zero-order valence-electron chi connectivity index (χ0n) is 10.2. The molecule has 0 unspecified atom stereocenters. The van der Waals surface area contributed by atoms with E-state index in [2.05, 4.69) is 15.6 Å². The first-order chi connectivity index (χ1) is 8.54. The second kappa shape index (κ2) is 6.43. The van der Waals surface area contributed by atoms with Crippen molar-refractivity contribution < 1.29 is 9.59 Å². The molecule has 7 heteroatoms. The number of anilines is 2. The lowest BCUT2D eigenvalue weighted by atomic mass is 10.2. The highest BCUT2D eigenvalue weighted by atomic mass is 16.2. The molecule has 0 saturated carbocycles. The molecule has 0 spiro atoms. The molecule has 0 aromatic carbocycles. The van der Waals surface area contributed by atoms with Gasteiger partial charge in [-0.2, -0.15) is 0 Å². The standard InChI is InChI=1S/C11H17N5O2/c1-2-3-14-10(17)6-16-9-4-7(11(13)18)8(12)5-15-9/h4-5H,2-3,6,12H2,1H3,(H2,13,18)(H,14,17)(H,15,16). The summed E-state index contributed by atoms with van der Waals surface area (Å²) in [7, 11) is 0. The van der Waals surface area contributed by atoms with E-state index in [1.54, 1.807) is 0 Å². The van der Waals surface area contributed by atoms with Crippen molar-refractivity contribution in [2.24, 2.45) is 5.73 Å². The number of rotatable bonds is 6. The van der Waals surface area contributed by atoms with Crippen molar-refractivity contribution in [3.05, 3.63) is 17.8 Å². The molecular formula is C11H17N5O2. The molecule has 1 aromatic rings. The molecule has 0 aliphatic rings. The highest BCUT2D eigenvalue weighted by molar-refractivity contribution is 5.98. The fourth-order valence-corrected chi connectivity index (χ4v) is 1.27. The van der Waals surface area contributed by atoms with Crippen LogP contribution in [0.5, 0.6) is 0 Å². The third-order valence-electron chi connectivity index (χ3n) is 2.20. The van der Waals surface area contributed by atoms with Crippen LogP contribution >= 0.6 is 0 Å². The third-order valence-corrected chi connectivity index (χ3v) is 2.20. The van der Waals surface area contributed by atoms with Crippen LogP contribution in [0, 0.1) is 0 Å². The molecule has 0 fully saturated rings. The Kier molecular flexibility index (Phi) is 4.91. The minimum atomic E-state index is -0.631. The van der Waals surface area contributed by atoms with Gasteiger partial charge in [-0.1, -0.05) is 6.92 Å². The van der Waals surface area contributed by atoms with E-state index in [-0.39, 0.29) is 23.7 Å². The average molecular weight is 251 g/mol. The number of amides is 2. The van der Waals surface area contributed by atoms with Crippen LogP contribution in [0.25, 0.3) is 0 Å². The molecule has 98 valence electrons. The Labute approximate surface area is 105 Å². The Morgan fingerprint density at radius 3 is 2.78 bits per heavy atom. The van der Waals surface area contributed by atoms with E-state index in [0.29, 0.717) is 12.4 Å². The lowest BCUT2D eigenvalue weighted by molar-refractivity contribution is -0.119. The van der Waals surface area contributed by atoms with E-state index in [1.165, 1.54) is 12.3 Å². The van der Waals surface area contributed by atoms with Crippen molar-refractivity contribution in [2.75, 3.05) is 24.1 Å². The van der Waals surface area contributed by atoms with E-state index in [4.69, 9.17) is 11.5 Å². The number of pyridine rings is 1. The SMILES string of the molecule is CCCNC(=O)CNc1cc(C(N)=O)c(N)cn1. The van der Waals surface area contributed by atoms with E-state index in [0.717, 1.165) is 6.42 Å². The summed E-state index contributed by atoms with van der Waals surface area (Å²) in [6.07, 6.45) is 2.20. The van der Waals surface area contributed by atoms with E-state index in [9.17, 15) is 9.59 Å². The number of nitrogens with zero attached hydrogens (tertiary/aromatic N) is 1. The van der Waals surface area contributed by atoms with Crippen LogP contribution in [0.4, 0.5) is 11.5 Å². The number of nitrogens with two attached hydrogens (primary N) is 2. The predicted octanol–water partition coefficient (Wildman–Crippen LogP) is -0.299. The number of primary amides is 1. The minimum absolute atomic E-state index is 0.0785. The average Bonchev–Trinajstić information content (AvgIpc) is 2.35. The number of carbonyl (C=O) groups excluding carboxylic acids is 2. The lowest BCUT2D eigenvalue weighted by Crippen LogP contribution is -2.30. The van der Waals surface area contributed by atoms with Crippen molar-refractivity contribution in [3.8, 4) is 0 Å². The molecule has 7 nitrogen and oxygen atoms in total. The maximum absolute atomic E-state index is 11.3. The van der Waals surface area contributed by atoms with Gasteiger partial charge in [0.15, 0.2) is 0 Å². The molecule has 0 atom stereocenters. The fraction of sp³-hybridized carbons (Fsp3) is 0.364. The Morgan fingerprint density at radius 1 is 1.44 bits per heavy atom. The van der Waals surface area contributed by atoms with Crippen LogP contribution in [0.15, 0.2) is 12.3 Å². The molecule has 0 aliphatic carbocycles. The van der Waals surface area contributed by atoms with Crippen molar-refractivity contribution >= 4 is 23.3 Å². The van der Waals surface area contributed by atoms with Crippen LogP contribution in [0.1, 0.15) is 23.7 Å². The summed E-state index contributed by atoms with van der Waals surface area (Å²) in [5, 5.41) is 5.50. The molecule has 0 bridgehead atoms. The van der Waals surface area contributed by atoms with Gasteiger partial charge in [-0.05, 0) is 12.5 Å². The second-order valence-electron chi connectivity index (χ2n) is 3.72. The van der Waals surface area contributed by atoms with Crippen molar-refractivity contribution in [1.82, 2.24) is 10.3 Å². The van der Waals surface area contributed by atoms with Crippen LogP contribution in [0.3, 0.4) is 0 Å². The normalized spacial score (nSPS) is 9.83. The van der Waals surface area contributed by atoms with Crippen molar-refractivity contribution in [1.29, 1.82) is 0 Å². The number of nitrogen functional groups attached to an aromatic ring is 1. The molecule has 1 aromatic heterocycles. The second-order valence-corrected chi connectivity index (χ2v) is 3.72. The zero-order valence-corrected chi connectivity index (χ0v) is 10.2. The zero-order chi connectivity index (χ0) is 13.5. The van der Waals surface area contributed by atoms with Crippen molar-refractivity contribution in [3.63, 3.8) is 0 Å². The summed E-state index contributed by atoms with van der Waals surface area (Å²) < 4.78 is 0. The van der Waals surface area contributed by atoms with E-state index in [1.807, 2.05) is 6.92 Å². The van der Waals surface area contributed by atoms with Gasteiger partial charge in [-0.25, -0.2) is 4.98 Å². The quantitative estimate of drug-likeness (QED) is 0.552. The lowest BCUT2D eigenvalue weighted by Gasteiger charge is -2.08. The van der Waals surface area contributed by atoms with E-state index >= 15 is 0 Å². The minimum Gasteiger partial charge on any atom is -0.397 e. The van der Waals surface area contributed by atoms with Gasteiger partial charge in [0.1, 0.15) is 5.82 Å². The maximum Gasteiger partial charge on any atom is 0.250 e. The molecule has 0 radical (unpaired) electrons. The van der Waals surface area contributed by atoms with Gasteiger partial charge in [-0.15, -0.1) is 0 Å². The highest BCUT2D eigenvalue weighted by Crippen LogP contribution is 2.13. The Hall–Kier alpha value is -2.31. The summed E-state index contributed by atoms with van der Waals surface area (Å²) in [5.41, 5.74) is 11.1. The van der Waals surface area contributed by atoms with Crippen LogP contribution < -0.4 is 22.1 Å². The molecule has 1 rings (SSSR count). The molecule has 6 N–H and O–H groups in total. The molecule has 0 saturated heterocycles. The monoisotopic (exact) mass is 251 g/mol. The summed E-state index contributed by atoms with van der Waals surface area (Å²) >= 11 is 0. The molecule has 0 aliphatic heterocycles. The summed E-state index contributed by atoms with van der Waals surface area (Å²) in [6.45, 7) is 2.67. The van der Waals surface area contributed by atoms with Crippen LogP contribution in [0.2, 0.25) is 0 Å². The largest absolute Gasteiger partial charge is 0.397 e. The number of hydrogen-bond donors (Lipinski definition) is 4. The number of carbonyl (C=O) groups is 2. The summed E-state index contributed by atoms with van der Waals surface area (Å²) in [6, 6.07) is 1.42. The van der Waals surface area contributed by atoms with Crippen molar-refractivity contribution in [2.45, 2.75) is 13.3 Å². The van der Waals surface area contributed by atoms with Crippen LogP contribution in [-0.2, 0) is 4.79 Å². The third kappa shape index (κ3) is 3.93. The van der Waals surface area contributed by atoms with Gasteiger partial charge >= 0.3 is 0 Å². The molecule has 1 heterocycles. The smallest absolute Gasteiger partial charge is 0.250 e. The van der Waals surface area contributed by atoms with Gasteiger partial charge in [-0.3, -0.25) is 9.59 Å². The Bertz CT molecular complexity index is 447. The molecule has 18 heavy (non-hydrogen) atoms. The highest BCUT2D eigenvalue weighted by Gasteiger charge is 2.08. The molecular weight excluding hydrogens is 234 g/mol. The van der Waals surface area contributed by atoms with Gasteiger partial charge in [0.05, 0.1) is 24.0 Å². The number of nitrogens with one attached hydrogen (secondary N) is 2. The van der Waals surface area contributed by atoms with Gasteiger partial charge in [0, 0.05) is 6.54 Å². The first-order valence-electron chi connectivity index (χ1n) is 5.60. The van der Waals surface area contributed by atoms with Gasteiger partial charge in [0.25, 0.3) is 5.91 Å². The summed E-state index contributed by atoms with van der Waals surface area (Å²) in [5.74, 6) is -0.394.